The summed E-state index contributed by atoms with van der Waals surface area (Å²) in [5.41, 5.74) is 2.58. The molecule has 0 radical (unpaired) electrons. The lowest BCUT2D eigenvalue weighted by atomic mass is 10.2. The highest BCUT2D eigenvalue weighted by molar-refractivity contribution is 8.00. The molecule has 0 bridgehead atoms. The van der Waals surface area contributed by atoms with Gasteiger partial charge in [0.25, 0.3) is 5.56 Å². The SMILES string of the molecule is CC(Sc1nc2ccccc2c(=O)n1Cc1ccccc1)C(=O)NCc1ccccc1. The van der Waals surface area contributed by atoms with Crippen LogP contribution in [0.2, 0.25) is 0 Å². The largest absolute Gasteiger partial charge is 0.351 e. The second-order valence-electron chi connectivity index (χ2n) is 7.25. The second-order valence-corrected chi connectivity index (χ2v) is 8.56. The fourth-order valence-electron chi connectivity index (χ4n) is 3.28. The molecule has 1 unspecified atom stereocenters. The van der Waals surface area contributed by atoms with Crippen molar-refractivity contribution in [1.29, 1.82) is 0 Å². The normalized spacial score (nSPS) is 11.9. The van der Waals surface area contributed by atoms with Crippen LogP contribution in [0.5, 0.6) is 0 Å². The molecule has 4 aromatic rings. The third-order valence-corrected chi connectivity index (χ3v) is 6.06. The smallest absolute Gasteiger partial charge is 0.262 e. The van der Waals surface area contributed by atoms with Crippen LogP contribution in [0.3, 0.4) is 0 Å². The zero-order chi connectivity index (χ0) is 21.6. The molecule has 5 nitrogen and oxygen atoms in total. The number of aromatic nitrogens is 2. The molecule has 3 aromatic carbocycles. The van der Waals surface area contributed by atoms with E-state index < -0.39 is 5.25 Å². The van der Waals surface area contributed by atoms with Gasteiger partial charge in [-0.1, -0.05) is 84.6 Å². The van der Waals surface area contributed by atoms with Crippen molar-refractivity contribution in [2.45, 2.75) is 30.4 Å². The number of carbonyl (C=O) groups excluding carboxylic acids is 1. The van der Waals surface area contributed by atoms with E-state index in [2.05, 4.69) is 5.32 Å². The Morgan fingerprint density at radius 1 is 0.935 bits per heavy atom. The Morgan fingerprint density at radius 3 is 2.26 bits per heavy atom. The number of rotatable bonds is 7. The Kier molecular flexibility index (Phi) is 6.48. The van der Waals surface area contributed by atoms with E-state index in [1.165, 1.54) is 11.8 Å². The monoisotopic (exact) mass is 429 g/mol. The van der Waals surface area contributed by atoms with Crippen molar-refractivity contribution in [3.63, 3.8) is 0 Å². The summed E-state index contributed by atoms with van der Waals surface area (Å²) >= 11 is 1.30. The Labute approximate surface area is 185 Å². The first-order valence-corrected chi connectivity index (χ1v) is 11.0. The van der Waals surface area contributed by atoms with E-state index in [0.717, 1.165) is 11.1 Å². The van der Waals surface area contributed by atoms with Gasteiger partial charge in [-0.2, -0.15) is 0 Å². The second kappa shape index (κ2) is 9.62. The number of carbonyl (C=O) groups is 1. The summed E-state index contributed by atoms with van der Waals surface area (Å²) < 4.78 is 1.66. The molecule has 0 aliphatic carbocycles. The van der Waals surface area contributed by atoms with Crippen molar-refractivity contribution in [2.75, 3.05) is 0 Å². The highest BCUT2D eigenvalue weighted by Crippen LogP contribution is 2.23. The predicted molar refractivity (Wildman–Crippen MR) is 125 cm³/mol. The molecular formula is C25H23N3O2S. The molecule has 0 saturated carbocycles. The maximum absolute atomic E-state index is 13.2. The van der Waals surface area contributed by atoms with E-state index in [1.54, 1.807) is 10.6 Å². The van der Waals surface area contributed by atoms with Gasteiger partial charge >= 0.3 is 0 Å². The van der Waals surface area contributed by atoms with Crippen LogP contribution in [0.15, 0.2) is 94.9 Å². The van der Waals surface area contributed by atoms with Crippen molar-refractivity contribution in [1.82, 2.24) is 14.9 Å². The van der Waals surface area contributed by atoms with Gasteiger partial charge in [-0.05, 0) is 30.2 Å². The maximum atomic E-state index is 13.2. The number of thioether (sulfide) groups is 1. The summed E-state index contributed by atoms with van der Waals surface area (Å²) in [6.45, 7) is 2.70. The summed E-state index contributed by atoms with van der Waals surface area (Å²) in [5, 5.41) is 3.67. The number of nitrogens with zero attached hydrogens (tertiary/aromatic N) is 2. The third-order valence-electron chi connectivity index (χ3n) is 4.97. The van der Waals surface area contributed by atoms with E-state index >= 15 is 0 Å². The molecule has 0 aliphatic heterocycles. The lowest BCUT2D eigenvalue weighted by molar-refractivity contribution is -0.120. The highest BCUT2D eigenvalue weighted by atomic mass is 32.2. The summed E-state index contributed by atoms with van der Waals surface area (Å²) in [6.07, 6.45) is 0. The molecule has 31 heavy (non-hydrogen) atoms. The number of para-hydroxylation sites is 1. The molecule has 1 amide bonds. The Balaban J connectivity index is 1.60. The lowest BCUT2D eigenvalue weighted by Crippen LogP contribution is -2.31. The van der Waals surface area contributed by atoms with Gasteiger partial charge in [-0.15, -0.1) is 0 Å². The number of hydrogen-bond donors (Lipinski definition) is 1. The van der Waals surface area contributed by atoms with Crippen LogP contribution in [0.1, 0.15) is 18.1 Å². The molecule has 1 atom stereocenters. The van der Waals surface area contributed by atoms with Gasteiger partial charge in [0.2, 0.25) is 5.91 Å². The minimum Gasteiger partial charge on any atom is -0.351 e. The van der Waals surface area contributed by atoms with Crippen molar-refractivity contribution in [2.24, 2.45) is 0 Å². The van der Waals surface area contributed by atoms with Gasteiger partial charge in [0.15, 0.2) is 5.16 Å². The van der Waals surface area contributed by atoms with Crippen molar-refractivity contribution in [3.05, 3.63) is 106 Å². The summed E-state index contributed by atoms with van der Waals surface area (Å²) in [5.74, 6) is -0.0949. The summed E-state index contributed by atoms with van der Waals surface area (Å²) in [6, 6.07) is 26.9. The van der Waals surface area contributed by atoms with Gasteiger partial charge in [0.05, 0.1) is 22.7 Å². The fraction of sp³-hybridized carbons (Fsp3) is 0.160. The predicted octanol–water partition coefficient (Wildman–Crippen LogP) is 4.24. The summed E-state index contributed by atoms with van der Waals surface area (Å²) in [4.78, 5) is 30.6. The van der Waals surface area contributed by atoms with Crippen LogP contribution in [0.4, 0.5) is 0 Å². The van der Waals surface area contributed by atoms with Crippen molar-refractivity contribution >= 4 is 28.6 Å². The zero-order valence-electron chi connectivity index (χ0n) is 17.2. The number of fused-ring (bicyclic) bond motifs is 1. The first-order valence-electron chi connectivity index (χ1n) is 10.1. The van der Waals surface area contributed by atoms with Crippen LogP contribution in [0, 0.1) is 0 Å². The van der Waals surface area contributed by atoms with Gasteiger partial charge in [-0.3, -0.25) is 14.2 Å². The zero-order valence-corrected chi connectivity index (χ0v) is 18.0. The van der Waals surface area contributed by atoms with E-state index in [9.17, 15) is 9.59 Å². The molecule has 1 aromatic heterocycles. The molecule has 0 spiro atoms. The maximum Gasteiger partial charge on any atom is 0.262 e. The molecule has 1 N–H and O–H groups in total. The Morgan fingerprint density at radius 2 is 1.55 bits per heavy atom. The molecular weight excluding hydrogens is 406 g/mol. The Bertz CT molecular complexity index is 1240. The first kappa shape index (κ1) is 20.9. The van der Waals surface area contributed by atoms with Gasteiger partial charge in [0.1, 0.15) is 0 Å². The average molecular weight is 430 g/mol. The van der Waals surface area contributed by atoms with Gasteiger partial charge in [0, 0.05) is 6.54 Å². The molecule has 0 fully saturated rings. The minimum absolute atomic E-state index is 0.0949. The molecule has 1 heterocycles. The van der Waals surface area contributed by atoms with Crippen molar-refractivity contribution in [3.8, 4) is 0 Å². The van der Waals surface area contributed by atoms with Crippen LogP contribution in [-0.2, 0) is 17.9 Å². The summed E-state index contributed by atoms with van der Waals surface area (Å²) in [7, 11) is 0. The van der Waals surface area contributed by atoms with E-state index in [-0.39, 0.29) is 11.5 Å². The quantitative estimate of drug-likeness (QED) is 0.353. The third kappa shape index (κ3) is 5.03. The van der Waals surface area contributed by atoms with Gasteiger partial charge in [-0.25, -0.2) is 4.98 Å². The molecule has 4 rings (SSSR count). The molecule has 0 aliphatic rings. The Hall–Kier alpha value is -3.38. The van der Waals surface area contributed by atoms with Crippen LogP contribution in [0.25, 0.3) is 10.9 Å². The average Bonchev–Trinajstić information content (AvgIpc) is 2.81. The lowest BCUT2D eigenvalue weighted by Gasteiger charge is -2.16. The molecule has 0 saturated heterocycles. The van der Waals surface area contributed by atoms with E-state index in [0.29, 0.717) is 29.1 Å². The number of nitrogens with one attached hydrogen (secondary N) is 1. The number of hydrogen-bond acceptors (Lipinski definition) is 4. The minimum atomic E-state index is -0.404. The van der Waals surface area contributed by atoms with Gasteiger partial charge < -0.3 is 5.32 Å². The molecule has 156 valence electrons. The fourth-order valence-corrected chi connectivity index (χ4v) is 4.22. The number of benzene rings is 3. The number of amides is 1. The topological polar surface area (TPSA) is 64.0 Å². The highest BCUT2D eigenvalue weighted by Gasteiger charge is 2.19. The molecule has 6 heteroatoms. The van der Waals surface area contributed by atoms with Crippen LogP contribution in [-0.4, -0.2) is 20.7 Å². The standard InChI is InChI=1S/C25H23N3O2S/c1-18(23(29)26-16-19-10-4-2-5-11-19)31-25-27-22-15-9-8-14-21(22)24(30)28(25)17-20-12-6-3-7-13-20/h2-15,18H,16-17H2,1H3,(H,26,29). The van der Waals surface area contributed by atoms with Crippen LogP contribution < -0.4 is 10.9 Å². The van der Waals surface area contributed by atoms with E-state index in [4.69, 9.17) is 4.98 Å². The first-order chi connectivity index (χ1) is 15.1. The van der Waals surface area contributed by atoms with Crippen LogP contribution >= 0.6 is 11.8 Å². The van der Waals surface area contributed by atoms with E-state index in [1.807, 2.05) is 85.8 Å². The van der Waals surface area contributed by atoms with Crippen molar-refractivity contribution < 1.29 is 4.79 Å².